The van der Waals surface area contributed by atoms with Gasteiger partial charge in [-0.3, -0.25) is 4.68 Å². The van der Waals surface area contributed by atoms with Crippen LogP contribution in [-0.2, 0) is 24.8 Å². The zero-order valence-electron chi connectivity index (χ0n) is 19.5. The summed E-state index contributed by atoms with van der Waals surface area (Å²) in [6.07, 6.45) is -9.92. The van der Waals surface area contributed by atoms with E-state index in [4.69, 9.17) is 0 Å². The molecule has 0 atom stereocenters. The van der Waals surface area contributed by atoms with Gasteiger partial charge in [0.05, 0.1) is 27.9 Å². The van der Waals surface area contributed by atoms with Gasteiger partial charge in [0.15, 0.2) is 5.82 Å². The molecule has 0 saturated heterocycles. The number of nitrogens with one attached hydrogen (secondary N) is 1. The van der Waals surface area contributed by atoms with Crippen LogP contribution in [0.2, 0.25) is 0 Å². The molecule has 0 amide bonds. The number of nitrogens with zero attached hydrogens (tertiary/aromatic N) is 3. The minimum absolute atomic E-state index is 0. The lowest BCUT2D eigenvalue weighted by Crippen LogP contribution is -2.14. The van der Waals surface area contributed by atoms with E-state index in [2.05, 4.69) is 15.1 Å². The van der Waals surface area contributed by atoms with Crippen LogP contribution < -0.4 is 0 Å². The number of fused-ring (bicyclic) bond motifs is 1. The molecule has 0 unspecified atom stereocenters. The smallest absolute Gasteiger partial charge is 0.337 e. The van der Waals surface area contributed by atoms with Gasteiger partial charge in [-0.05, 0) is 36.8 Å². The molecule has 4 aromatic rings. The first-order chi connectivity index (χ1) is 15.6. The minimum atomic E-state index is -4.96. The number of aromatic amines is 1. The van der Waals surface area contributed by atoms with Gasteiger partial charge in [-0.1, -0.05) is 32.9 Å². The fourth-order valence-corrected chi connectivity index (χ4v) is 4.29. The summed E-state index contributed by atoms with van der Waals surface area (Å²) >= 11 is 0. The predicted molar refractivity (Wildman–Crippen MR) is 124 cm³/mol. The molecule has 11 heteroatoms. The maximum absolute atomic E-state index is 13.6. The molecule has 0 bridgehead atoms. The van der Waals surface area contributed by atoms with Crippen LogP contribution in [0.5, 0.6) is 0 Å². The predicted octanol–water partition coefficient (Wildman–Crippen LogP) is 7.70. The Hall–Kier alpha value is -3.01. The van der Waals surface area contributed by atoms with Crippen molar-refractivity contribution >= 4 is 23.4 Å². The van der Waals surface area contributed by atoms with E-state index in [1.54, 1.807) is 11.7 Å². The van der Waals surface area contributed by atoms with Crippen LogP contribution in [0.1, 0.15) is 43.2 Å². The molecular weight excluding hydrogens is 494 g/mol. The molecule has 4 rings (SSSR count). The van der Waals surface area contributed by atoms with Crippen molar-refractivity contribution in [2.75, 3.05) is 0 Å². The Morgan fingerprint density at radius 3 is 1.94 bits per heavy atom. The van der Waals surface area contributed by atoms with Gasteiger partial charge in [0.1, 0.15) is 5.69 Å². The Morgan fingerprint density at radius 2 is 1.46 bits per heavy atom. The van der Waals surface area contributed by atoms with E-state index in [9.17, 15) is 26.3 Å². The molecule has 0 spiro atoms. The Balaban J connectivity index is 0.00000342. The first kappa shape index (κ1) is 26.6. The second-order valence-electron chi connectivity index (χ2n) is 9.24. The van der Waals surface area contributed by atoms with E-state index in [1.165, 1.54) is 18.2 Å². The molecule has 4 nitrogen and oxygen atoms in total. The Labute approximate surface area is 203 Å². The number of H-pyrrole nitrogens is 1. The van der Waals surface area contributed by atoms with Gasteiger partial charge in [0.25, 0.3) is 0 Å². The van der Waals surface area contributed by atoms with Crippen LogP contribution >= 0.6 is 12.4 Å². The highest BCUT2D eigenvalue weighted by molar-refractivity contribution is 5.86. The number of hydrogen-bond acceptors (Lipinski definition) is 2. The van der Waals surface area contributed by atoms with Crippen molar-refractivity contribution in [3.05, 3.63) is 58.8 Å². The first-order valence-electron chi connectivity index (χ1n) is 10.4. The molecule has 0 saturated carbocycles. The lowest BCUT2D eigenvalue weighted by atomic mass is 9.89. The summed E-state index contributed by atoms with van der Waals surface area (Å²) in [4.78, 5) is 7.57. The third kappa shape index (κ3) is 4.76. The van der Waals surface area contributed by atoms with E-state index in [1.807, 2.05) is 27.7 Å². The summed E-state index contributed by atoms with van der Waals surface area (Å²) in [7, 11) is 1.76. The lowest BCUT2D eigenvalue weighted by molar-refractivity contribution is -0.142. The summed E-state index contributed by atoms with van der Waals surface area (Å²) in [6, 6.07) is 5.97. The zero-order valence-corrected chi connectivity index (χ0v) is 20.3. The van der Waals surface area contributed by atoms with Gasteiger partial charge < -0.3 is 4.98 Å². The third-order valence-electron chi connectivity index (χ3n) is 5.66. The van der Waals surface area contributed by atoms with Crippen molar-refractivity contribution in [3.63, 3.8) is 0 Å². The molecule has 188 valence electrons. The normalized spacial score (nSPS) is 12.8. The van der Waals surface area contributed by atoms with E-state index in [0.29, 0.717) is 34.7 Å². The number of rotatable bonds is 2. The molecule has 0 aliphatic rings. The largest absolute Gasteiger partial charge is 0.417 e. The molecular formula is C24H23ClF6N4. The van der Waals surface area contributed by atoms with Crippen LogP contribution in [0, 0.1) is 6.92 Å². The molecule has 0 aliphatic heterocycles. The summed E-state index contributed by atoms with van der Waals surface area (Å²) in [6.45, 7) is 7.96. The van der Waals surface area contributed by atoms with E-state index >= 15 is 0 Å². The van der Waals surface area contributed by atoms with Crippen LogP contribution in [0.25, 0.3) is 33.7 Å². The molecule has 35 heavy (non-hydrogen) atoms. The molecule has 0 aliphatic carbocycles. The van der Waals surface area contributed by atoms with Crippen LogP contribution in [-0.4, -0.2) is 19.7 Å². The standard InChI is InChI=1S/C24H22F6N4.ClH/c1-12-19(34(5)33-20(12)22(2,3)4)21-31-16-10-9-13(11-17(16)32-21)18-14(23(25,26)27)7-6-8-15(18)24(28,29)30;/h6-11H,1-5H3,(H,31,32);1H. The number of alkyl halides is 6. The SMILES string of the molecule is Cc1c(C(C)(C)C)nn(C)c1-c1nc2ccc(-c3c(C(F)(F)F)cccc3C(F)(F)F)cc2[nH]1.Cl. The van der Waals surface area contributed by atoms with Crippen molar-refractivity contribution in [3.8, 4) is 22.6 Å². The highest BCUT2D eigenvalue weighted by Gasteiger charge is 2.41. The zero-order chi connectivity index (χ0) is 25.2. The molecule has 1 N–H and O–H groups in total. The second kappa shape index (κ2) is 8.58. The summed E-state index contributed by atoms with van der Waals surface area (Å²) < 4.78 is 83.5. The summed E-state index contributed by atoms with van der Waals surface area (Å²) in [5.41, 5.74) is -0.880. The monoisotopic (exact) mass is 516 g/mol. The number of aryl methyl sites for hydroxylation is 1. The van der Waals surface area contributed by atoms with Gasteiger partial charge in [-0.2, -0.15) is 31.4 Å². The average Bonchev–Trinajstić information content (AvgIpc) is 3.24. The fourth-order valence-electron chi connectivity index (χ4n) is 4.29. The van der Waals surface area contributed by atoms with Crippen molar-refractivity contribution < 1.29 is 26.3 Å². The lowest BCUT2D eigenvalue weighted by Gasteiger charge is -2.19. The van der Waals surface area contributed by atoms with Gasteiger partial charge in [0, 0.05) is 23.6 Å². The van der Waals surface area contributed by atoms with Crippen LogP contribution in [0.4, 0.5) is 26.3 Å². The maximum atomic E-state index is 13.6. The number of halogens is 7. The van der Waals surface area contributed by atoms with Gasteiger partial charge in [-0.25, -0.2) is 4.98 Å². The quantitative estimate of drug-likeness (QED) is 0.277. The van der Waals surface area contributed by atoms with Crippen LogP contribution in [0.3, 0.4) is 0 Å². The van der Waals surface area contributed by atoms with E-state index in [-0.39, 0.29) is 23.4 Å². The molecule has 2 aromatic carbocycles. The number of benzene rings is 2. The fraction of sp³-hybridized carbons (Fsp3) is 0.333. The number of imidazole rings is 1. The topological polar surface area (TPSA) is 46.5 Å². The van der Waals surface area contributed by atoms with Crippen molar-refractivity contribution in [2.45, 2.75) is 45.5 Å². The Kier molecular flexibility index (Phi) is 6.52. The van der Waals surface area contributed by atoms with Crippen LogP contribution in [0.15, 0.2) is 36.4 Å². The summed E-state index contributed by atoms with van der Waals surface area (Å²) in [5.74, 6) is 0.426. The molecule has 2 heterocycles. The molecule has 2 aromatic heterocycles. The van der Waals surface area contributed by atoms with Gasteiger partial charge >= 0.3 is 12.4 Å². The molecule has 0 fully saturated rings. The Bertz CT molecular complexity index is 1360. The number of hydrogen-bond donors (Lipinski definition) is 1. The second-order valence-corrected chi connectivity index (χ2v) is 9.24. The Morgan fingerprint density at radius 1 is 0.886 bits per heavy atom. The highest BCUT2D eigenvalue weighted by atomic mass is 35.5. The third-order valence-corrected chi connectivity index (χ3v) is 5.66. The van der Waals surface area contributed by atoms with Gasteiger partial charge in [-0.15, -0.1) is 12.4 Å². The maximum Gasteiger partial charge on any atom is 0.417 e. The van der Waals surface area contributed by atoms with Crippen molar-refractivity contribution in [1.29, 1.82) is 0 Å². The van der Waals surface area contributed by atoms with E-state index in [0.717, 1.165) is 17.3 Å². The summed E-state index contributed by atoms with van der Waals surface area (Å²) in [5, 5.41) is 4.58. The number of aromatic nitrogens is 4. The minimum Gasteiger partial charge on any atom is -0.337 e. The van der Waals surface area contributed by atoms with Crippen molar-refractivity contribution in [1.82, 2.24) is 19.7 Å². The molecule has 0 radical (unpaired) electrons. The van der Waals surface area contributed by atoms with Gasteiger partial charge in [0.2, 0.25) is 0 Å². The highest BCUT2D eigenvalue weighted by Crippen LogP contribution is 2.45. The first-order valence-corrected chi connectivity index (χ1v) is 10.4. The van der Waals surface area contributed by atoms with Crippen molar-refractivity contribution in [2.24, 2.45) is 7.05 Å². The van der Waals surface area contributed by atoms with E-state index < -0.39 is 29.0 Å². The average molecular weight is 517 g/mol.